The lowest BCUT2D eigenvalue weighted by Gasteiger charge is -2.06. The van der Waals surface area contributed by atoms with Crippen molar-refractivity contribution in [3.05, 3.63) is 65.2 Å². The summed E-state index contributed by atoms with van der Waals surface area (Å²) < 4.78 is 0. The highest BCUT2D eigenvalue weighted by Crippen LogP contribution is 2.09. The molecule has 0 aliphatic carbocycles. The summed E-state index contributed by atoms with van der Waals surface area (Å²) in [5.74, 6) is 0.228. The monoisotopic (exact) mass is 424 g/mol. The van der Waals surface area contributed by atoms with Crippen LogP contribution < -0.4 is 16.4 Å². The van der Waals surface area contributed by atoms with Crippen LogP contribution in [0.3, 0.4) is 0 Å². The van der Waals surface area contributed by atoms with E-state index in [1.807, 2.05) is 49.4 Å². The Labute approximate surface area is 153 Å². The quantitative estimate of drug-likeness (QED) is 0.401. The predicted molar refractivity (Wildman–Crippen MR) is 105 cm³/mol. The van der Waals surface area contributed by atoms with Gasteiger partial charge in [-0.1, -0.05) is 29.8 Å². The first-order valence-corrected chi connectivity index (χ1v) is 7.03. The molecular formula is C17H21IN4O. The van der Waals surface area contributed by atoms with Gasteiger partial charge in [0.2, 0.25) is 0 Å². The zero-order chi connectivity index (χ0) is 15.9. The van der Waals surface area contributed by atoms with E-state index in [2.05, 4.69) is 15.6 Å². The number of aliphatic imine (C=N–C) groups is 1. The van der Waals surface area contributed by atoms with Gasteiger partial charge in [0.15, 0.2) is 5.96 Å². The maximum atomic E-state index is 11.6. The van der Waals surface area contributed by atoms with Crippen LogP contribution in [0.2, 0.25) is 0 Å². The van der Waals surface area contributed by atoms with Crippen molar-refractivity contribution in [2.75, 3.05) is 12.4 Å². The fraction of sp³-hybridized carbons (Fsp3) is 0.176. The minimum absolute atomic E-state index is 0. The second-order valence-electron chi connectivity index (χ2n) is 4.97. The minimum atomic E-state index is -0.114. The molecule has 5 nitrogen and oxygen atoms in total. The molecule has 0 saturated carbocycles. The van der Waals surface area contributed by atoms with E-state index in [0.717, 1.165) is 11.3 Å². The Bertz CT molecular complexity index is 683. The summed E-state index contributed by atoms with van der Waals surface area (Å²) in [6, 6.07) is 15.2. The van der Waals surface area contributed by atoms with Crippen LogP contribution in [-0.4, -0.2) is 18.9 Å². The Morgan fingerprint density at radius 1 is 1.17 bits per heavy atom. The summed E-state index contributed by atoms with van der Waals surface area (Å²) in [5.41, 5.74) is 9.49. The number of carbonyl (C=O) groups excluding carboxylic acids is 1. The predicted octanol–water partition coefficient (Wildman–Crippen LogP) is 2.90. The second-order valence-corrected chi connectivity index (χ2v) is 4.97. The number of benzene rings is 2. The van der Waals surface area contributed by atoms with Crippen molar-refractivity contribution in [3.8, 4) is 0 Å². The van der Waals surface area contributed by atoms with Crippen molar-refractivity contribution in [3.63, 3.8) is 0 Å². The molecule has 6 heteroatoms. The summed E-state index contributed by atoms with van der Waals surface area (Å²) in [5, 5.41) is 5.64. The van der Waals surface area contributed by atoms with Crippen LogP contribution in [0.4, 0.5) is 5.69 Å². The molecule has 2 aromatic rings. The first-order chi connectivity index (χ1) is 10.6. The van der Waals surface area contributed by atoms with Gasteiger partial charge in [0, 0.05) is 18.3 Å². The van der Waals surface area contributed by atoms with Gasteiger partial charge in [-0.25, -0.2) is 4.99 Å². The van der Waals surface area contributed by atoms with Crippen molar-refractivity contribution in [1.29, 1.82) is 0 Å². The molecule has 23 heavy (non-hydrogen) atoms. The molecule has 0 fully saturated rings. The van der Waals surface area contributed by atoms with Crippen LogP contribution in [0.25, 0.3) is 0 Å². The average molecular weight is 424 g/mol. The Morgan fingerprint density at radius 2 is 1.87 bits per heavy atom. The van der Waals surface area contributed by atoms with Crippen LogP contribution in [0.1, 0.15) is 21.5 Å². The average Bonchev–Trinajstić information content (AvgIpc) is 2.54. The number of guanidine groups is 1. The summed E-state index contributed by atoms with van der Waals surface area (Å²) >= 11 is 0. The molecule has 0 atom stereocenters. The topological polar surface area (TPSA) is 79.5 Å². The number of nitrogens with zero attached hydrogens (tertiary/aromatic N) is 1. The maximum Gasteiger partial charge on any atom is 0.251 e. The Hall–Kier alpha value is -2.09. The first kappa shape index (κ1) is 19.0. The number of hydrogen-bond donors (Lipinski definition) is 3. The number of rotatable bonds is 4. The van der Waals surface area contributed by atoms with Gasteiger partial charge in [0.05, 0.1) is 6.54 Å². The highest BCUT2D eigenvalue weighted by molar-refractivity contribution is 14.0. The largest absolute Gasteiger partial charge is 0.370 e. The third-order valence-electron chi connectivity index (χ3n) is 3.17. The van der Waals surface area contributed by atoms with Crippen LogP contribution in [0.5, 0.6) is 0 Å². The lowest BCUT2D eigenvalue weighted by molar-refractivity contribution is 0.0963. The summed E-state index contributed by atoms with van der Waals surface area (Å²) in [6.45, 7) is 2.44. The number of nitrogens with one attached hydrogen (secondary N) is 2. The van der Waals surface area contributed by atoms with E-state index >= 15 is 0 Å². The number of nitrogens with two attached hydrogens (primary N) is 1. The molecule has 122 valence electrons. The van der Waals surface area contributed by atoms with Gasteiger partial charge in [-0.15, -0.1) is 24.0 Å². The van der Waals surface area contributed by atoms with E-state index in [9.17, 15) is 4.79 Å². The van der Waals surface area contributed by atoms with E-state index < -0.39 is 0 Å². The van der Waals surface area contributed by atoms with Gasteiger partial charge in [-0.3, -0.25) is 4.79 Å². The molecule has 2 aromatic carbocycles. The number of hydrogen-bond acceptors (Lipinski definition) is 2. The van der Waals surface area contributed by atoms with E-state index in [-0.39, 0.29) is 29.9 Å². The third-order valence-corrected chi connectivity index (χ3v) is 3.17. The third kappa shape index (κ3) is 5.90. The summed E-state index contributed by atoms with van der Waals surface area (Å²) in [6.07, 6.45) is 0. The van der Waals surface area contributed by atoms with Gasteiger partial charge in [0.1, 0.15) is 0 Å². The molecule has 4 N–H and O–H groups in total. The standard InChI is InChI=1S/C17H20N4O.HI/c1-12-6-8-15(9-7-12)21-17(18)20-11-13-4-3-5-14(10-13)16(22)19-2;/h3-10H,11H2,1-2H3,(H,19,22)(H3,18,20,21);1H. The van der Waals surface area contributed by atoms with Gasteiger partial charge >= 0.3 is 0 Å². The van der Waals surface area contributed by atoms with Crippen LogP contribution in [-0.2, 0) is 6.54 Å². The van der Waals surface area contributed by atoms with Gasteiger partial charge in [-0.2, -0.15) is 0 Å². The summed E-state index contributed by atoms with van der Waals surface area (Å²) in [7, 11) is 1.61. The molecule has 0 saturated heterocycles. The highest BCUT2D eigenvalue weighted by Gasteiger charge is 2.03. The molecule has 0 aliphatic heterocycles. The SMILES string of the molecule is CNC(=O)c1cccc(CN=C(N)Nc2ccc(C)cc2)c1.I. The Balaban J connectivity index is 0.00000264. The number of halogens is 1. The van der Waals surface area contributed by atoms with Crippen molar-refractivity contribution < 1.29 is 4.79 Å². The lowest BCUT2D eigenvalue weighted by atomic mass is 10.1. The molecular weight excluding hydrogens is 403 g/mol. The van der Waals surface area contributed by atoms with E-state index in [1.54, 1.807) is 13.1 Å². The molecule has 0 radical (unpaired) electrons. The summed E-state index contributed by atoms with van der Waals surface area (Å²) in [4.78, 5) is 15.9. The normalized spacial score (nSPS) is 10.6. The van der Waals surface area contributed by atoms with Crippen molar-refractivity contribution >= 4 is 41.5 Å². The van der Waals surface area contributed by atoms with E-state index in [0.29, 0.717) is 18.1 Å². The first-order valence-electron chi connectivity index (χ1n) is 7.03. The van der Waals surface area contributed by atoms with Gasteiger partial charge < -0.3 is 16.4 Å². The molecule has 0 heterocycles. The zero-order valence-electron chi connectivity index (χ0n) is 13.2. The molecule has 0 aromatic heterocycles. The Morgan fingerprint density at radius 3 is 2.52 bits per heavy atom. The molecule has 1 amide bonds. The number of carbonyl (C=O) groups is 1. The second kappa shape index (κ2) is 9.14. The minimum Gasteiger partial charge on any atom is -0.370 e. The molecule has 0 aliphatic rings. The number of anilines is 1. The zero-order valence-corrected chi connectivity index (χ0v) is 15.5. The van der Waals surface area contributed by atoms with Gasteiger partial charge in [-0.05, 0) is 36.8 Å². The van der Waals surface area contributed by atoms with Crippen LogP contribution in [0, 0.1) is 6.92 Å². The van der Waals surface area contributed by atoms with Crippen LogP contribution in [0.15, 0.2) is 53.5 Å². The fourth-order valence-electron chi connectivity index (χ4n) is 1.96. The molecule has 0 spiro atoms. The van der Waals surface area contributed by atoms with Gasteiger partial charge in [0.25, 0.3) is 5.91 Å². The lowest BCUT2D eigenvalue weighted by Crippen LogP contribution is -2.22. The van der Waals surface area contributed by atoms with E-state index in [1.165, 1.54) is 5.56 Å². The molecule has 2 rings (SSSR count). The van der Waals surface area contributed by atoms with Crippen LogP contribution >= 0.6 is 24.0 Å². The van der Waals surface area contributed by atoms with Crippen molar-refractivity contribution in [1.82, 2.24) is 5.32 Å². The fourth-order valence-corrected chi connectivity index (χ4v) is 1.96. The number of amides is 1. The Kier molecular flexibility index (Phi) is 7.53. The van der Waals surface area contributed by atoms with Crippen molar-refractivity contribution in [2.24, 2.45) is 10.7 Å². The maximum absolute atomic E-state index is 11.6. The highest BCUT2D eigenvalue weighted by atomic mass is 127. The smallest absolute Gasteiger partial charge is 0.251 e. The van der Waals surface area contributed by atoms with Crippen molar-refractivity contribution in [2.45, 2.75) is 13.5 Å². The molecule has 0 unspecified atom stereocenters. The number of aryl methyl sites for hydroxylation is 1. The van der Waals surface area contributed by atoms with E-state index in [4.69, 9.17) is 5.73 Å². The molecule has 0 bridgehead atoms.